The molecule has 0 aliphatic carbocycles. The average molecular weight is 393 g/mol. The number of hydrogen-bond acceptors (Lipinski definition) is 5. The van der Waals surface area contributed by atoms with Crippen LogP contribution in [0.25, 0.3) is 0 Å². The highest BCUT2D eigenvalue weighted by Crippen LogP contribution is 2.34. The van der Waals surface area contributed by atoms with Crippen molar-refractivity contribution < 1.29 is 9.47 Å². The van der Waals surface area contributed by atoms with Crippen molar-refractivity contribution in [3.8, 4) is 11.5 Å². The molecular formula is C18H18Cl2N4O2. The normalized spacial score (nSPS) is 10.6. The van der Waals surface area contributed by atoms with Crippen molar-refractivity contribution >= 4 is 23.2 Å². The fourth-order valence-electron chi connectivity index (χ4n) is 2.29. The third kappa shape index (κ3) is 4.80. The second-order valence-electron chi connectivity index (χ2n) is 5.44. The van der Waals surface area contributed by atoms with Crippen molar-refractivity contribution in [2.75, 3.05) is 12.0 Å². The van der Waals surface area contributed by atoms with E-state index in [2.05, 4.69) is 15.6 Å². The van der Waals surface area contributed by atoms with Gasteiger partial charge in [0.05, 0.1) is 13.2 Å². The van der Waals surface area contributed by atoms with Crippen LogP contribution in [0.5, 0.6) is 11.5 Å². The van der Waals surface area contributed by atoms with E-state index >= 15 is 0 Å². The molecule has 0 radical (unpaired) electrons. The van der Waals surface area contributed by atoms with Gasteiger partial charge < -0.3 is 14.9 Å². The smallest absolute Gasteiger partial charge is 0.163 e. The van der Waals surface area contributed by atoms with E-state index in [1.165, 1.54) is 0 Å². The highest BCUT2D eigenvalue weighted by Gasteiger charge is 2.12. The predicted octanol–water partition coefficient (Wildman–Crippen LogP) is 4.31. The molecule has 6 nitrogen and oxygen atoms in total. The zero-order valence-electron chi connectivity index (χ0n) is 14.2. The number of hydrogen-bond donors (Lipinski definition) is 1. The summed E-state index contributed by atoms with van der Waals surface area (Å²) in [6.45, 7) is 3.34. The van der Waals surface area contributed by atoms with E-state index in [1.807, 2.05) is 37.3 Å². The fourth-order valence-corrected chi connectivity index (χ4v) is 2.64. The van der Waals surface area contributed by atoms with Crippen LogP contribution < -0.4 is 14.9 Å². The molecule has 1 aromatic heterocycles. The molecule has 0 aliphatic rings. The van der Waals surface area contributed by atoms with Gasteiger partial charge in [0.1, 0.15) is 19.3 Å². The number of benzene rings is 2. The average Bonchev–Trinajstić information content (AvgIpc) is 3.15. The Balaban J connectivity index is 1.73. The molecule has 0 atom stereocenters. The van der Waals surface area contributed by atoms with Gasteiger partial charge in [-0.25, -0.2) is 4.68 Å². The van der Waals surface area contributed by atoms with Gasteiger partial charge in [0.25, 0.3) is 0 Å². The van der Waals surface area contributed by atoms with E-state index in [9.17, 15) is 0 Å². The maximum atomic E-state index is 6.41. The van der Waals surface area contributed by atoms with E-state index < -0.39 is 0 Å². The van der Waals surface area contributed by atoms with Crippen molar-refractivity contribution in [2.45, 2.75) is 20.1 Å². The van der Waals surface area contributed by atoms with Crippen molar-refractivity contribution in [1.82, 2.24) is 14.9 Å². The van der Waals surface area contributed by atoms with Crippen LogP contribution >= 0.6 is 23.2 Å². The number of nitrogens with zero attached hydrogens (tertiary/aromatic N) is 3. The van der Waals surface area contributed by atoms with Gasteiger partial charge in [-0.05, 0) is 36.2 Å². The molecule has 0 saturated carbocycles. The molecule has 0 aliphatic heterocycles. The predicted molar refractivity (Wildman–Crippen MR) is 101 cm³/mol. The molecule has 1 N–H and O–H groups in total. The van der Waals surface area contributed by atoms with Crippen LogP contribution in [0.15, 0.2) is 49.1 Å². The second kappa shape index (κ2) is 8.78. The lowest BCUT2D eigenvalue weighted by atomic mass is 10.2. The van der Waals surface area contributed by atoms with Gasteiger partial charge >= 0.3 is 0 Å². The Morgan fingerprint density at radius 2 is 1.69 bits per heavy atom. The summed E-state index contributed by atoms with van der Waals surface area (Å²) in [5.41, 5.74) is 5.02. The van der Waals surface area contributed by atoms with Crippen LogP contribution in [-0.2, 0) is 13.2 Å². The minimum atomic E-state index is 0.395. The van der Waals surface area contributed by atoms with E-state index in [4.69, 9.17) is 32.7 Å². The summed E-state index contributed by atoms with van der Waals surface area (Å²) >= 11 is 12.3. The topological polar surface area (TPSA) is 61.2 Å². The third-order valence-electron chi connectivity index (χ3n) is 3.59. The Morgan fingerprint density at radius 3 is 2.38 bits per heavy atom. The van der Waals surface area contributed by atoms with Gasteiger partial charge in [0.2, 0.25) is 0 Å². The molecule has 0 unspecified atom stereocenters. The summed E-state index contributed by atoms with van der Waals surface area (Å²) < 4.78 is 13.3. The molecule has 0 bridgehead atoms. The van der Waals surface area contributed by atoms with Crippen molar-refractivity contribution in [2.24, 2.45) is 0 Å². The first kappa shape index (κ1) is 18.4. The van der Waals surface area contributed by atoms with Crippen LogP contribution in [0.3, 0.4) is 0 Å². The zero-order chi connectivity index (χ0) is 18.4. The van der Waals surface area contributed by atoms with Crippen LogP contribution in [0.1, 0.15) is 18.1 Å². The SMILES string of the molecule is CCOc1cc(CNn2cnnc2)c(Cl)cc1OCc1ccc(Cl)cc1. The fraction of sp³-hybridized carbons (Fsp3) is 0.222. The minimum absolute atomic E-state index is 0.395. The van der Waals surface area contributed by atoms with Gasteiger partial charge in [-0.2, -0.15) is 0 Å². The highest BCUT2D eigenvalue weighted by atomic mass is 35.5. The van der Waals surface area contributed by atoms with Crippen molar-refractivity contribution in [1.29, 1.82) is 0 Å². The Morgan fingerprint density at radius 1 is 1.00 bits per heavy atom. The van der Waals surface area contributed by atoms with Gasteiger partial charge in [0, 0.05) is 16.1 Å². The van der Waals surface area contributed by atoms with Crippen LogP contribution in [0.4, 0.5) is 0 Å². The molecule has 0 amide bonds. The van der Waals surface area contributed by atoms with Crippen molar-refractivity contribution in [3.05, 3.63) is 70.2 Å². The molecule has 0 spiro atoms. The number of nitrogens with one attached hydrogen (secondary N) is 1. The first-order valence-corrected chi connectivity index (χ1v) is 8.82. The zero-order valence-corrected chi connectivity index (χ0v) is 15.7. The van der Waals surface area contributed by atoms with E-state index in [0.29, 0.717) is 41.3 Å². The molecule has 8 heteroatoms. The molecule has 0 fully saturated rings. The third-order valence-corrected chi connectivity index (χ3v) is 4.19. The molecular weight excluding hydrogens is 375 g/mol. The molecule has 0 saturated heterocycles. The van der Waals surface area contributed by atoms with Gasteiger partial charge in [-0.1, -0.05) is 35.3 Å². The Labute approximate surface area is 161 Å². The Bertz CT molecular complexity index is 839. The summed E-state index contributed by atoms with van der Waals surface area (Å²) in [6.07, 6.45) is 3.14. The quantitative estimate of drug-likeness (QED) is 0.618. The number of halogens is 2. The Kier molecular flexibility index (Phi) is 6.20. The lowest BCUT2D eigenvalue weighted by Gasteiger charge is -2.15. The van der Waals surface area contributed by atoms with Crippen LogP contribution in [-0.4, -0.2) is 21.5 Å². The standard InChI is InChI=1S/C18H18Cl2N4O2/c1-2-25-17-7-14(9-23-24-11-21-22-12-24)16(20)8-18(17)26-10-13-3-5-15(19)6-4-13/h3-8,11-12,23H,2,9-10H2,1H3. The summed E-state index contributed by atoms with van der Waals surface area (Å²) in [4.78, 5) is 0. The van der Waals surface area contributed by atoms with Crippen LogP contribution in [0.2, 0.25) is 10.0 Å². The first-order chi connectivity index (χ1) is 12.7. The minimum Gasteiger partial charge on any atom is -0.490 e. The molecule has 3 aromatic rings. The summed E-state index contributed by atoms with van der Waals surface area (Å²) in [5.74, 6) is 1.24. The maximum absolute atomic E-state index is 6.41. The van der Waals surface area contributed by atoms with E-state index in [1.54, 1.807) is 23.4 Å². The lowest BCUT2D eigenvalue weighted by Crippen LogP contribution is -2.12. The Hall–Kier alpha value is -2.44. The summed E-state index contributed by atoms with van der Waals surface area (Å²) in [7, 11) is 0. The number of rotatable bonds is 8. The van der Waals surface area contributed by atoms with Gasteiger partial charge in [-0.15, -0.1) is 10.2 Å². The molecule has 1 heterocycles. The molecule has 2 aromatic carbocycles. The highest BCUT2D eigenvalue weighted by molar-refractivity contribution is 6.31. The summed E-state index contributed by atoms with van der Waals surface area (Å²) in [6, 6.07) is 11.1. The van der Waals surface area contributed by atoms with Gasteiger partial charge in [-0.3, -0.25) is 0 Å². The molecule has 26 heavy (non-hydrogen) atoms. The second-order valence-corrected chi connectivity index (χ2v) is 6.29. The monoisotopic (exact) mass is 392 g/mol. The lowest BCUT2D eigenvalue weighted by molar-refractivity contribution is 0.269. The first-order valence-electron chi connectivity index (χ1n) is 8.06. The van der Waals surface area contributed by atoms with Crippen molar-refractivity contribution in [3.63, 3.8) is 0 Å². The number of aromatic nitrogens is 3. The number of ether oxygens (including phenoxy) is 2. The summed E-state index contributed by atoms with van der Waals surface area (Å²) in [5, 5.41) is 8.76. The van der Waals surface area contributed by atoms with Gasteiger partial charge in [0.15, 0.2) is 11.5 Å². The largest absolute Gasteiger partial charge is 0.490 e. The van der Waals surface area contributed by atoms with E-state index in [-0.39, 0.29) is 0 Å². The maximum Gasteiger partial charge on any atom is 0.163 e. The molecule has 136 valence electrons. The van der Waals surface area contributed by atoms with E-state index in [0.717, 1.165) is 11.1 Å². The van der Waals surface area contributed by atoms with Crippen LogP contribution in [0, 0.1) is 0 Å². The molecule has 3 rings (SSSR count).